The van der Waals surface area contributed by atoms with Crippen LogP contribution in [0.2, 0.25) is 0 Å². The van der Waals surface area contributed by atoms with Crippen molar-refractivity contribution < 1.29 is 5.11 Å². The molecule has 3 N–H and O–H groups in total. The van der Waals surface area contributed by atoms with Gasteiger partial charge in [-0.3, -0.25) is 4.90 Å². The summed E-state index contributed by atoms with van der Waals surface area (Å²) < 4.78 is 0. The van der Waals surface area contributed by atoms with Gasteiger partial charge in [0.2, 0.25) is 0 Å². The molecule has 3 unspecified atom stereocenters. The first-order valence-electron chi connectivity index (χ1n) is 8.57. The molecule has 0 radical (unpaired) electrons. The van der Waals surface area contributed by atoms with Crippen LogP contribution in [-0.4, -0.2) is 35.2 Å². The predicted octanol–water partition coefficient (Wildman–Crippen LogP) is 2.86. The van der Waals surface area contributed by atoms with Crippen molar-refractivity contribution in [2.45, 2.75) is 59.2 Å². The Bertz CT molecular complexity index is 486. The summed E-state index contributed by atoms with van der Waals surface area (Å²) in [4.78, 5) is 2.47. The van der Waals surface area contributed by atoms with Gasteiger partial charge in [-0.25, -0.2) is 0 Å². The Hall–Kier alpha value is -0.900. The quantitative estimate of drug-likeness (QED) is 0.879. The third kappa shape index (κ3) is 4.80. The van der Waals surface area contributed by atoms with Crippen molar-refractivity contribution in [2.24, 2.45) is 17.6 Å². The topological polar surface area (TPSA) is 49.5 Å². The number of hydrogen-bond donors (Lipinski definition) is 2. The van der Waals surface area contributed by atoms with Crippen molar-refractivity contribution in [2.75, 3.05) is 13.1 Å². The van der Waals surface area contributed by atoms with Gasteiger partial charge >= 0.3 is 0 Å². The average Bonchev–Trinajstić information content (AvgIpc) is 2.42. The highest BCUT2D eigenvalue weighted by atomic mass is 16.3. The van der Waals surface area contributed by atoms with E-state index < -0.39 is 0 Å². The molecule has 0 aromatic heterocycles. The predicted molar refractivity (Wildman–Crippen MR) is 92.7 cm³/mol. The van der Waals surface area contributed by atoms with Crippen LogP contribution in [-0.2, 0) is 6.54 Å². The van der Waals surface area contributed by atoms with Gasteiger partial charge in [0.05, 0.1) is 6.10 Å². The van der Waals surface area contributed by atoms with Crippen LogP contribution >= 0.6 is 0 Å². The molecule has 1 aliphatic rings. The van der Waals surface area contributed by atoms with Gasteiger partial charge in [0.15, 0.2) is 0 Å². The molecule has 1 aromatic rings. The van der Waals surface area contributed by atoms with Crippen LogP contribution in [0.1, 0.15) is 43.4 Å². The van der Waals surface area contributed by atoms with E-state index in [4.69, 9.17) is 5.73 Å². The second kappa shape index (κ2) is 7.58. The number of likely N-dealkylation sites (tertiary alicyclic amines) is 1. The minimum atomic E-state index is -0.210. The Balaban J connectivity index is 2.00. The molecule has 1 saturated heterocycles. The Morgan fingerprint density at radius 3 is 2.68 bits per heavy atom. The molecule has 2 rings (SSSR count). The fraction of sp³-hybridized carbons (Fsp3) is 0.684. The normalized spacial score (nSPS) is 24.7. The van der Waals surface area contributed by atoms with Crippen LogP contribution in [0.25, 0.3) is 0 Å². The van der Waals surface area contributed by atoms with Crippen LogP contribution in [0, 0.1) is 25.7 Å². The van der Waals surface area contributed by atoms with E-state index in [1.165, 1.54) is 16.7 Å². The summed E-state index contributed by atoms with van der Waals surface area (Å²) in [5.41, 5.74) is 10.3. The second-order valence-corrected chi connectivity index (χ2v) is 7.53. The summed E-state index contributed by atoms with van der Waals surface area (Å²) in [6.07, 6.45) is 1.69. The van der Waals surface area contributed by atoms with Gasteiger partial charge in [0.25, 0.3) is 0 Å². The second-order valence-electron chi connectivity index (χ2n) is 7.53. The van der Waals surface area contributed by atoms with Crippen molar-refractivity contribution in [1.29, 1.82) is 0 Å². The lowest BCUT2D eigenvalue weighted by Crippen LogP contribution is -2.47. The molecule has 1 heterocycles. The molecule has 0 bridgehead atoms. The van der Waals surface area contributed by atoms with Gasteiger partial charge in [-0.05, 0) is 49.7 Å². The van der Waals surface area contributed by atoms with Gasteiger partial charge in [0, 0.05) is 25.7 Å². The van der Waals surface area contributed by atoms with E-state index in [0.29, 0.717) is 11.8 Å². The minimum absolute atomic E-state index is 0.210. The van der Waals surface area contributed by atoms with Crippen LogP contribution in [0.15, 0.2) is 18.2 Å². The summed E-state index contributed by atoms with van der Waals surface area (Å²) in [5, 5.41) is 10.2. The van der Waals surface area contributed by atoms with E-state index in [9.17, 15) is 5.11 Å². The highest BCUT2D eigenvalue weighted by molar-refractivity contribution is 5.30. The number of hydrogen-bond acceptors (Lipinski definition) is 3. The molecule has 3 atom stereocenters. The van der Waals surface area contributed by atoms with Gasteiger partial charge in [-0.15, -0.1) is 0 Å². The Morgan fingerprint density at radius 2 is 2.00 bits per heavy atom. The van der Waals surface area contributed by atoms with Gasteiger partial charge in [-0.1, -0.05) is 37.6 Å². The maximum atomic E-state index is 10.2. The lowest BCUT2D eigenvalue weighted by molar-refractivity contribution is 0.0641. The van der Waals surface area contributed by atoms with Gasteiger partial charge in [-0.2, -0.15) is 0 Å². The SMILES string of the molecule is Cc1ccc(C)c(CN2CC(N)CC(CC(O)C(C)C)C2)c1. The number of nitrogens with zero attached hydrogens (tertiary/aromatic N) is 1. The van der Waals surface area contributed by atoms with Crippen molar-refractivity contribution in [3.63, 3.8) is 0 Å². The highest BCUT2D eigenvalue weighted by Crippen LogP contribution is 2.25. The zero-order chi connectivity index (χ0) is 16.3. The zero-order valence-electron chi connectivity index (χ0n) is 14.5. The van der Waals surface area contributed by atoms with E-state index in [2.05, 4.69) is 50.8 Å². The number of aliphatic hydroxyl groups is 1. The standard InChI is InChI=1S/C19H32N2O/c1-13(2)19(22)9-16-8-18(20)12-21(10-16)11-17-7-14(3)5-6-15(17)4/h5-7,13,16,18-19,22H,8-12,20H2,1-4H3. The minimum Gasteiger partial charge on any atom is -0.393 e. The smallest absolute Gasteiger partial charge is 0.0566 e. The molecular formula is C19H32N2O. The van der Waals surface area contributed by atoms with E-state index in [1.807, 2.05) is 0 Å². The molecule has 0 aliphatic carbocycles. The number of rotatable bonds is 5. The molecule has 22 heavy (non-hydrogen) atoms. The van der Waals surface area contributed by atoms with Crippen LogP contribution in [0.5, 0.6) is 0 Å². The molecule has 1 aliphatic heterocycles. The van der Waals surface area contributed by atoms with Gasteiger partial charge in [0.1, 0.15) is 0 Å². The summed E-state index contributed by atoms with van der Waals surface area (Å²) in [6.45, 7) is 11.5. The van der Waals surface area contributed by atoms with E-state index in [-0.39, 0.29) is 12.1 Å². The zero-order valence-corrected chi connectivity index (χ0v) is 14.5. The van der Waals surface area contributed by atoms with Crippen molar-refractivity contribution in [3.8, 4) is 0 Å². The lowest BCUT2D eigenvalue weighted by Gasteiger charge is -2.37. The maximum Gasteiger partial charge on any atom is 0.0566 e. The summed E-state index contributed by atoms with van der Waals surface area (Å²) >= 11 is 0. The number of benzene rings is 1. The first-order chi connectivity index (χ1) is 10.3. The molecule has 124 valence electrons. The first-order valence-corrected chi connectivity index (χ1v) is 8.57. The van der Waals surface area contributed by atoms with E-state index in [1.54, 1.807) is 0 Å². The maximum absolute atomic E-state index is 10.2. The number of nitrogens with two attached hydrogens (primary N) is 1. The molecule has 0 saturated carbocycles. The fourth-order valence-electron chi connectivity index (χ4n) is 3.47. The molecule has 3 heteroatoms. The largest absolute Gasteiger partial charge is 0.393 e. The number of aryl methyl sites for hydroxylation is 2. The van der Waals surface area contributed by atoms with Crippen LogP contribution in [0.4, 0.5) is 0 Å². The van der Waals surface area contributed by atoms with Crippen molar-refractivity contribution in [1.82, 2.24) is 4.90 Å². The van der Waals surface area contributed by atoms with Crippen LogP contribution in [0.3, 0.4) is 0 Å². The fourth-order valence-corrected chi connectivity index (χ4v) is 3.47. The molecule has 0 amide bonds. The van der Waals surface area contributed by atoms with Gasteiger partial charge < -0.3 is 10.8 Å². The van der Waals surface area contributed by atoms with Crippen molar-refractivity contribution in [3.05, 3.63) is 34.9 Å². The van der Waals surface area contributed by atoms with E-state index >= 15 is 0 Å². The van der Waals surface area contributed by atoms with Crippen molar-refractivity contribution >= 4 is 0 Å². The molecule has 3 nitrogen and oxygen atoms in total. The molecule has 1 aromatic carbocycles. The molecule has 1 fully saturated rings. The Kier molecular flexibility index (Phi) is 6.01. The third-order valence-corrected chi connectivity index (χ3v) is 4.89. The molecule has 0 spiro atoms. The third-order valence-electron chi connectivity index (χ3n) is 4.89. The number of piperidine rings is 1. The Morgan fingerprint density at radius 1 is 1.27 bits per heavy atom. The summed E-state index contributed by atoms with van der Waals surface area (Å²) in [5.74, 6) is 0.830. The highest BCUT2D eigenvalue weighted by Gasteiger charge is 2.27. The summed E-state index contributed by atoms with van der Waals surface area (Å²) in [7, 11) is 0. The summed E-state index contributed by atoms with van der Waals surface area (Å²) in [6, 6.07) is 6.88. The first kappa shape index (κ1) is 17.5. The number of aliphatic hydroxyl groups excluding tert-OH is 1. The average molecular weight is 304 g/mol. The monoisotopic (exact) mass is 304 g/mol. The van der Waals surface area contributed by atoms with Crippen LogP contribution < -0.4 is 5.73 Å². The Labute approximate surface area is 135 Å². The van der Waals surface area contributed by atoms with E-state index in [0.717, 1.165) is 32.5 Å². The molecular weight excluding hydrogens is 272 g/mol. The lowest BCUT2D eigenvalue weighted by atomic mass is 9.87.